The molecule has 0 heterocycles. The molecular formula is C19H26ClN3O3S. The van der Waals surface area contributed by atoms with Crippen LogP contribution in [0.5, 0.6) is 0 Å². The number of sulfonamides is 1. The van der Waals surface area contributed by atoms with E-state index in [2.05, 4.69) is 10.0 Å². The Morgan fingerprint density at radius 1 is 1.15 bits per heavy atom. The molecule has 0 saturated carbocycles. The molecule has 0 spiro atoms. The lowest BCUT2D eigenvalue weighted by Gasteiger charge is -2.12. The average Bonchev–Trinajstić information content (AvgIpc) is 2.61. The van der Waals surface area contributed by atoms with Gasteiger partial charge in [0, 0.05) is 24.7 Å². The fourth-order valence-corrected chi connectivity index (χ4v) is 3.68. The molecule has 1 atom stereocenters. The zero-order valence-corrected chi connectivity index (χ0v) is 17.1. The number of carbonyl (C=O) groups is 1. The Morgan fingerprint density at radius 2 is 1.81 bits per heavy atom. The third-order valence-electron chi connectivity index (χ3n) is 3.93. The number of hydrogen-bond donors (Lipinski definition) is 3. The first-order valence-electron chi connectivity index (χ1n) is 8.47. The van der Waals surface area contributed by atoms with Gasteiger partial charge in [-0.2, -0.15) is 0 Å². The van der Waals surface area contributed by atoms with Crippen LogP contribution in [0.25, 0.3) is 0 Å². The molecule has 27 heavy (non-hydrogen) atoms. The number of nitrogens with one attached hydrogen (secondary N) is 2. The van der Waals surface area contributed by atoms with Crippen LogP contribution in [0.15, 0.2) is 53.4 Å². The molecule has 0 aliphatic heterocycles. The third kappa shape index (κ3) is 6.95. The van der Waals surface area contributed by atoms with E-state index in [0.717, 1.165) is 5.56 Å². The van der Waals surface area contributed by atoms with E-state index >= 15 is 0 Å². The first kappa shape index (κ1) is 23.1. The van der Waals surface area contributed by atoms with Gasteiger partial charge in [0.25, 0.3) is 5.91 Å². The van der Waals surface area contributed by atoms with Crippen LogP contribution >= 0.6 is 12.4 Å². The van der Waals surface area contributed by atoms with E-state index in [4.69, 9.17) is 5.73 Å². The molecule has 0 saturated heterocycles. The Labute approximate surface area is 167 Å². The van der Waals surface area contributed by atoms with Gasteiger partial charge in [-0.3, -0.25) is 4.79 Å². The molecule has 8 heteroatoms. The van der Waals surface area contributed by atoms with Crippen LogP contribution in [-0.2, 0) is 16.6 Å². The van der Waals surface area contributed by atoms with E-state index in [0.29, 0.717) is 24.1 Å². The van der Waals surface area contributed by atoms with E-state index in [9.17, 15) is 13.2 Å². The zero-order valence-electron chi connectivity index (χ0n) is 15.4. The molecule has 0 aromatic heterocycles. The van der Waals surface area contributed by atoms with Gasteiger partial charge >= 0.3 is 0 Å². The average molecular weight is 412 g/mol. The zero-order chi connectivity index (χ0) is 19.2. The van der Waals surface area contributed by atoms with Gasteiger partial charge in [0.15, 0.2) is 0 Å². The van der Waals surface area contributed by atoms with Crippen molar-refractivity contribution in [1.29, 1.82) is 0 Å². The highest BCUT2D eigenvalue weighted by Crippen LogP contribution is 2.17. The van der Waals surface area contributed by atoms with E-state index < -0.39 is 10.0 Å². The van der Waals surface area contributed by atoms with E-state index in [1.165, 1.54) is 6.07 Å². The molecule has 6 nitrogen and oxygen atoms in total. The number of benzene rings is 2. The molecule has 0 bridgehead atoms. The lowest BCUT2D eigenvalue weighted by Crippen LogP contribution is -2.29. The molecule has 0 fully saturated rings. The molecule has 148 valence electrons. The summed E-state index contributed by atoms with van der Waals surface area (Å²) in [6, 6.07) is 13.9. The molecule has 2 aromatic carbocycles. The van der Waals surface area contributed by atoms with Crippen molar-refractivity contribution in [2.24, 2.45) is 5.73 Å². The minimum atomic E-state index is -3.73. The highest BCUT2D eigenvalue weighted by atomic mass is 35.5. The number of rotatable bonds is 8. The lowest BCUT2D eigenvalue weighted by atomic mass is 10.1. The Hall–Kier alpha value is -1.93. The second-order valence-corrected chi connectivity index (χ2v) is 8.05. The number of hydrogen-bond acceptors (Lipinski definition) is 4. The van der Waals surface area contributed by atoms with Crippen molar-refractivity contribution < 1.29 is 13.2 Å². The van der Waals surface area contributed by atoms with Crippen LogP contribution < -0.4 is 15.8 Å². The predicted molar refractivity (Wildman–Crippen MR) is 109 cm³/mol. The number of nitrogens with two attached hydrogens (primary N) is 1. The van der Waals surface area contributed by atoms with Gasteiger partial charge in [0.05, 0.1) is 4.90 Å². The number of carbonyl (C=O) groups excluding carboxylic acids is 1. The van der Waals surface area contributed by atoms with Crippen molar-refractivity contribution in [1.82, 2.24) is 10.0 Å². The maximum absolute atomic E-state index is 12.6. The normalized spacial score (nSPS) is 12.1. The topological polar surface area (TPSA) is 101 Å². The molecule has 0 aliphatic rings. The van der Waals surface area contributed by atoms with Crippen molar-refractivity contribution in [3.8, 4) is 0 Å². The standard InChI is InChI=1S/C19H25N3O3S.ClH/c1-14-8-9-17(19(23)21-11-10-15(2)20)12-18(14)26(24,25)22-13-16-6-4-3-5-7-16;/h3-9,12,15,22H,10-11,13,20H2,1-2H3,(H,21,23);1H. The maximum Gasteiger partial charge on any atom is 0.251 e. The molecule has 0 radical (unpaired) electrons. The Balaban J connectivity index is 0.00000364. The number of halogens is 1. The Bertz CT molecular complexity index is 856. The smallest absolute Gasteiger partial charge is 0.251 e. The highest BCUT2D eigenvalue weighted by molar-refractivity contribution is 7.89. The van der Waals surface area contributed by atoms with Gasteiger partial charge in [0.1, 0.15) is 0 Å². The summed E-state index contributed by atoms with van der Waals surface area (Å²) >= 11 is 0. The van der Waals surface area contributed by atoms with E-state index in [1.54, 1.807) is 19.1 Å². The molecule has 2 aromatic rings. The van der Waals surface area contributed by atoms with Crippen LogP contribution in [0.2, 0.25) is 0 Å². The van der Waals surface area contributed by atoms with Gasteiger partial charge in [0.2, 0.25) is 10.0 Å². The minimum Gasteiger partial charge on any atom is -0.352 e. The quantitative estimate of drug-likeness (QED) is 0.620. The number of amides is 1. The lowest BCUT2D eigenvalue weighted by molar-refractivity contribution is 0.0952. The third-order valence-corrected chi connectivity index (χ3v) is 5.48. The van der Waals surface area contributed by atoms with Crippen LogP contribution in [0.3, 0.4) is 0 Å². The Morgan fingerprint density at radius 3 is 2.44 bits per heavy atom. The number of aryl methyl sites for hydroxylation is 1. The van der Waals surface area contributed by atoms with Gasteiger partial charge in [-0.15, -0.1) is 12.4 Å². The monoisotopic (exact) mass is 411 g/mol. The predicted octanol–water partition coefficient (Wildman–Crippen LogP) is 2.36. The molecule has 4 N–H and O–H groups in total. The Kier molecular flexibility index (Phi) is 8.92. The molecule has 1 amide bonds. The summed E-state index contributed by atoms with van der Waals surface area (Å²) in [5.41, 5.74) is 7.41. The summed E-state index contributed by atoms with van der Waals surface area (Å²) in [6.45, 7) is 4.20. The van der Waals surface area contributed by atoms with E-state index in [1.807, 2.05) is 37.3 Å². The summed E-state index contributed by atoms with van der Waals surface area (Å²) < 4.78 is 27.9. The van der Waals surface area contributed by atoms with Gasteiger partial charge < -0.3 is 11.1 Å². The van der Waals surface area contributed by atoms with Crippen molar-refractivity contribution >= 4 is 28.3 Å². The van der Waals surface area contributed by atoms with Crippen LogP contribution in [0.1, 0.15) is 34.8 Å². The molecule has 1 unspecified atom stereocenters. The van der Waals surface area contributed by atoms with Gasteiger partial charge in [-0.1, -0.05) is 36.4 Å². The second kappa shape index (κ2) is 10.4. The van der Waals surface area contributed by atoms with Crippen LogP contribution in [-0.4, -0.2) is 26.9 Å². The fraction of sp³-hybridized carbons (Fsp3) is 0.316. The summed E-state index contributed by atoms with van der Waals surface area (Å²) in [4.78, 5) is 12.3. The SMILES string of the molecule is Cc1ccc(C(=O)NCCC(C)N)cc1S(=O)(=O)NCc1ccccc1.Cl. The largest absolute Gasteiger partial charge is 0.352 e. The van der Waals surface area contributed by atoms with Crippen molar-refractivity contribution in [2.75, 3.05) is 6.54 Å². The van der Waals surface area contributed by atoms with Crippen LogP contribution in [0, 0.1) is 6.92 Å². The summed E-state index contributed by atoms with van der Waals surface area (Å²) in [5.74, 6) is -0.315. The van der Waals surface area contributed by atoms with Crippen molar-refractivity contribution in [3.05, 3.63) is 65.2 Å². The van der Waals surface area contributed by atoms with Gasteiger partial charge in [-0.25, -0.2) is 13.1 Å². The van der Waals surface area contributed by atoms with Gasteiger partial charge in [-0.05, 0) is 43.5 Å². The minimum absolute atomic E-state index is 0. The highest BCUT2D eigenvalue weighted by Gasteiger charge is 2.19. The van der Waals surface area contributed by atoms with Crippen LogP contribution in [0.4, 0.5) is 0 Å². The first-order valence-corrected chi connectivity index (χ1v) is 9.96. The van der Waals surface area contributed by atoms with E-state index in [-0.39, 0.29) is 35.8 Å². The molecule has 0 aliphatic carbocycles. The fourth-order valence-electron chi connectivity index (χ4n) is 2.40. The first-order chi connectivity index (χ1) is 12.3. The molecular weight excluding hydrogens is 386 g/mol. The molecule has 2 rings (SSSR count). The maximum atomic E-state index is 12.6. The van der Waals surface area contributed by atoms with Crippen molar-refractivity contribution in [2.45, 2.75) is 37.8 Å². The summed E-state index contributed by atoms with van der Waals surface area (Å²) in [6.07, 6.45) is 0.654. The summed E-state index contributed by atoms with van der Waals surface area (Å²) in [7, 11) is -3.73. The van der Waals surface area contributed by atoms with Crippen molar-refractivity contribution in [3.63, 3.8) is 0 Å². The summed E-state index contributed by atoms with van der Waals surface area (Å²) in [5, 5.41) is 2.75. The second-order valence-electron chi connectivity index (χ2n) is 6.31.